The molecule has 0 N–H and O–H groups in total. The predicted octanol–water partition coefficient (Wildman–Crippen LogP) is 9.24. The maximum atomic E-state index is 2.92. The van der Waals surface area contributed by atoms with Crippen LogP contribution in [0.5, 0.6) is 0 Å². The van der Waals surface area contributed by atoms with Gasteiger partial charge in [0.05, 0.1) is 0 Å². The molecule has 0 saturated carbocycles. The minimum absolute atomic E-state index is 0.427. The van der Waals surface area contributed by atoms with E-state index in [0.29, 0.717) is 35.6 Å². The van der Waals surface area contributed by atoms with E-state index in [1.54, 1.807) is 0 Å². The summed E-state index contributed by atoms with van der Waals surface area (Å²) >= 11 is 2.07. The second kappa shape index (κ2) is 10.8. The fourth-order valence-electron chi connectivity index (χ4n) is 6.63. The van der Waals surface area contributed by atoms with Crippen LogP contribution in [0.25, 0.3) is 0 Å². The van der Waals surface area contributed by atoms with Gasteiger partial charge in [-0.25, -0.2) is 0 Å². The maximum absolute atomic E-state index is 2.92. The number of allylic oxidation sites excluding steroid dienone is 8. The Kier molecular flexibility index (Phi) is 10.2. The summed E-state index contributed by atoms with van der Waals surface area (Å²) in [6, 6.07) is 0. The first kappa shape index (κ1) is 35.0. The predicted molar refractivity (Wildman–Crippen MR) is 195 cm³/mol. The van der Waals surface area contributed by atoms with Crippen LogP contribution in [-0.2, 0) is 0 Å². The molecule has 0 fully saturated rings. The molecule has 0 spiro atoms. The SMILES string of the molecule is C[Si](C)(C)C1=CC([Si](C)(C)C)([Si](C)(C)C)C=C1[Se][Se][Se]C1=CC([Si](C)(C)C)([Si](C)(C)C)C=C1[Si](C)(C)C. The Balaban J connectivity index is 2.50. The first-order valence-corrected chi connectivity index (χ1v) is 45.4. The first-order chi connectivity index (χ1) is 16.1. The molecule has 0 atom stereocenters. The molecule has 0 unspecified atom stereocenters. The van der Waals surface area contributed by atoms with Gasteiger partial charge in [-0.15, -0.1) is 0 Å². The molecular formula is C28H58Se3Si6. The molecule has 0 bridgehead atoms. The van der Waals surface area contributed by atoms with Gasteiger partial charge in [0.25, 0.3) is 0 Å². The molecule has 37 heavy (non-hydrogen) atoms. The quantitative estimate of drug-likeness (QED) is 0.194. The topological polar surface area (TPSA) is 0 Å². The van der Waals surface area contributed by atoms with E-state index < -0.39 is 48.4 Å². The van der Waals surface area contributed by atoms with Crippen molar-refractivity contribution in [1.29, 1.82) is 0 Å². The average Bonchev–Trinajstić information content (AvgIpc) is 3.20. The van der Waals surface area contributed by atoms with Crippen molar-refractivity contribution in [2.24, 2.45) is 0 Å². The van der Waals surface area contributed by atoms with Crippen molar-refractivity contribution in [2.45, 2.75) is 127 Å². The molecule has 0 saturated heterocycles. The molecule has 212 valence electrons. The van der Waals surface area contributed by atoms with Crippen molar-refractivity contribution in [2.75, 3.05) is 0 Å². The summed E-state index contributed by atoms with van der Waals surface area (Å²) in [5, 5.41) is 3.71. The summed E-state index contributed by atoms with van der Waals surface area (Å²) in [4.78, 5) is 0. The van der Waals surface area contributed by atoms with Gasteiger partial charge in [0.1, 0.15) is 0 Å². The van der Waals surface area contributed by atoms with Crippen molar-refractivity contribution < 1.29 is 0 Å². The second-order valence-corrected chi connectivity index (χ2v) is 65.6. The fraction of sp³-hybridized carbons (Fsp3) is 0.714. The van der Waals surface area contributed by atoms with Gasteiger partial charge < -0.3 is 0 Å². The molecular weight excluding hydrogens is 742 g/mol. The van der Waals surface area contributed by atoms with Crippen molar-refractivity contribution in [3.63, 3.8) is 0 Å². The van der Waals surface area contributed by atoms with Gasteiger partial charge in [-0.3, -0.25) is 0 Å². The van der Waals surface area contributed by atoms with E-state index >= 15 is 0 Å². The number of hydrogen-bond donors (Lipinski definition) is 0. The monoisotopic (exact) mass is 802 g/mol. The molecule has 0 radical (unpaired) electrons. The fourth-order valence-corrected chi connectivity index (χ4v) is 57.0. The molecule has 0 aromatic rings. The summed E-state index contributed by atoms with van der Waals surface area (Å²) in [7, 11) is -8.29. The minimum atomic E-state index is -1.39. The van der Waals surface area contributed by atoms with Crippen LogP contribution in [0.2, 0.25) is 127 Å². The number of hydrogen-bond acceptors (Lipinski definition) is 0. The van der Waals surface area contributed by atoms with Crippen LogP contribution in [0.3, 0.4) is 0 Å². The Morgan fingerprint density at radius 2 is 0.649 bits per heavy atom. The van der Waals surface area contributed by atoms with Gasteiger partial charge in [0.15, 0.2) is 0 Å². The molecule has 0 amide bonds. The molecule has 0 aromatic carbocycles. The molecule has 2 aliphatic carbocycles. The zero-order valence-corrected chi connectivity index (χ0v) is 38.7. The summed E-state index contributed by atoms with van der Waals surface area (Å²) in [5.41, 5.74) is 0. The molecule has 9 heteroatoms. The zero-order valence-electron chi connectivity index (χ0n) is 27.5. The van der Waals surface area contributed by atoms with E-state index in [2.05, 4.69) is 142 Å². The average molecular weight is 800 g/mol. The molecule has 2 rings (SSSR count). The molecule has 0 heterocycles. The molecule has 0 nitrogen and oxygen atoms in total. The summed E-state index contributed by atoms with van der Waals surface area (Å²) in [6.45, 7) is 47.4. The van der Waals surface area contributed by atoms with E-state index in [1.807, 2.05) is 19.3 Å². The Labute approximate surface area is 254 Å². The van der Waals surface area contributed by atoms with Crippen LogP contribution in [0.4, 0.5) is 0 Å². The standard InChI is InChI=1S/C28H58Se3Si6/c1-32(2,3)25-21-27(34(7,8)9,35(10,11)12)19-23(25)29-31-30-24-20-28(36(13,14)15,37(16,17)18)22-26(24)33(4,5)6/h19-22H,1-18H3. The van der Waals surface area contributed by atoms with Crippen LogP contribution in [0.1, 0.15) is 0 Å². The van der Waals surface area contributed by atoms with E-state index in [-0.39, 0.29) is 0 Å². The zero-order chi connectivity index (χ0) is 29.3. The van der Waals surface area contributed by atoms with Gasteiger partial charge in [0, 0.05) is 0 Å². The first-order valence-electron chi connectivity index (χ1n) is 14.1. The van der Waals surface area contributed by atoms with Gasteiger partial charge in [-0.05, 0) is 0 Å². The van der Waals surface area contributed by atoms with E-state index in [9.17, 15) is 0 Å². The number of rotatable bonds is 10. The summed E-state index contributed by atoms with van der Waals surface area (Å²) in [6.07, 6.45) is 11.6. The van der Waals surface area contributed by atoms with Gasteiger partial charge in [-0.1, -0.05) is 0 Å². The molecule has 0 aliphatic heterocycles. The van der Waals surface area contributed by atoms with Crippen LogP contribution in [-0.4, -0.2) is 86.0 Å². The Hall–Kier alpha value is 1.82. The summed E-state index contributed by atoms with van der Waals surface area (Å²) < 4.78 is 4.57. The van der Waals surface area contributed by atoms with Crippen molar-refractivity contribution in [1.82, 2.24) is 0 Å². The second-order valence-electron chi connectivity index (χ2n) is 17.6. The van der Waals surface area contributed by atoms with Crippen molar-refractivity contribution >= 4 is 86.0 Å². The Bertz CT molecular complexity index is 901. The van der Waals surface area contributed by atoms with Crippen molar-refractivity contribution in [3.8, 4) is 0 Å². The third-order valence-electron chi connectivity index (χ3n) is 8.82. The van der Waals surface area contributed by atoms with Gasteiger partial charge in [-0.2, -0.15) is 0 Å². The van der Waals surface area contributed by atoms with Gasteiger partial charge in [0.2, 0.25) is 0 Å². The van der Waals surface area contributed by atoms with Crippen LogP contribution >= 0.6 is 0 Å². The third kappa shape index (κ3) is 6.91. The van der Waals surface area contributed by atoms with E-state index in [4.69, 9.17) is 0 Å². The third-order valence-corrected chi connectivity index (χ3v) is 49.3. The molecule has 0 aromatic heterocycles. The van der Waals surface area contributed by atoms with Crippen LogP contribution in [0, 0.1) is 0 Å². The van der Waals surface area contributed by atoms with E-state index in [0.717, 1.165) is 11.3 Å². The Morgan fingerprint density at radius 3 is 0.838 bits per heavy atom. The van der Waals surface area contributed by atoms with Crippen molar-refractivity contribution in [3.05, 3.63) is 43.6 Å². The van der Waals surface area contributed by atoms with Crippen LogP contribution in [0.15, 0.2) is 43.6 Å². The van der Waals surface area contributed by atoms with E-state index in [1.165, 1.54) is 0 Å². The van der Waals surface area contributed by atoms with Crippen LogP contribution < -0.4 is 0 Å². The van der Waals surface area contributed by atoms with Gasteiger partial charge >= 0.3 is 257 Å². The summed E-state index contributed by atoms with van der Waals surface area (Å²) in [5.74, 6) is 0. The normalized spacial score (nSPS) is 21.0. The Morgan fingerprint density at radius 1 is 0.405 bits per heavy atom. The molecule has 2 aliphatic rings.